The first-order valence-corrected chi connectivity index (χ1v) is 8.28. The second-order valence-electron chi connectivity index (χ2n) is 6.46. The Kier molecular flexibility index (Phi) is 4.66. The van der Waals surface area contributed by atoms with Gasteiger partial charge in [0.25, 0.3) is 0 Å². The second kappa shape index (κ2) is 6.71. The molecule has 124 valence electrons. The lowest BCUT2D eigenvalue weighted by Gasteiger charge is -2.38. The van der Waals surface area contributed by atoms with Crippen LogP contribution < -0.4 is 0 Å². The molecule has 0 saturated carbocycles. The molecular weight excluding hydrogens is 294 g/mol. The first kappa shape index (κ1) is 16.0. The van der Waals surface area contributed by atoms with Crippen molar-refractivity contribution in [2.24, 2.45) is 11.8 Å². The van der Waals surface area contributed by atoms with Crippen molar-refractivity contribution in [2.75, 3.05) is 19.8 Å². The molecule has 1 amide bonds. The highest BCUT2D eigenvalue weighted by Crippen LogP contribution is 2.33. The highest BCUT2D eigenvalue weighted by molar-refractivity contribution is 5.86. The minimum Gasteiger partial charge on any atom is -0.479 e. The Morgan fingerprint density at radius 3 is 2.65 bits per heavy atom. The number of carboxylic acid groups (broad SMARTS) is 1. The van der Waals surface area contributed by atoms with E-state index in [9.17, 15) is 14.7 Å². The summed E-state index contributed by atoms with van der Waals surface area (Å²) in [6, 6.07) is 6.67. The molecule has 0 spiro atoms. The van der Waals surface area contributed by atoms with Crippen LogP contribution in [0.25, 0.3) is 0 Å². The number of hydrogen-bond acceptors (Lipinski definition) is 3. The van der Waals surface area contributed by atoms with E-state index in [1.165, 1.54) is 0 Å². The van der Waals surface area contributed by atoms with Crippen LogP contribution in [0.15, 0.2) is 24.3 Å². The van der Waals surface area contributed by atoms with E-state index in [2.05, 4.69) is 0 Å². The SMILES string of the molecule is CC(C(=O)N1CCc2ccccc2C1C(=O)O)C1CCOCC1. The largest absolute Gasteiger partial charge is 0.479 e. The van der Waals surface area contributed by atoms with E-state index in [0.29, 0.717) is 26.2 Å². The minimum atomic E-state index is -0.954. The van der Waals surface area contributed by atoms with Gasteiger partial charge in [-0.15, -0.1) is 0 Å². The molecule has 1 aromatic carbocycles. The summed E-state index contributed by atoms with van der Waals surface area (Å²) in [5.74, 6) is -0.877. The molecule has 1 N–H and O–H groups in total. The Morgan fingerprint density at radius 1 is 1.26 bits per heavy atom. The van der Waals surface area contributed by atoms with Crippen molar-refractivity contribution >= 4 is 11.9 Å². The quantitative estimate of drug-likeness (QED) is 0.928. The number of rotatable bonds is 3. The number of benzene rings is 1. The van der Waals surface area contributed by atoms with Crippen molar-refractivity contribution < 1.29 is 19.4 Å². The highest BCUT2D eigenvalue weighted by Gasteiger charge is 2.39. The van der Waals surface area contributed by atoms with Gasteiger partial charge in [-0.05, 0) is 36.3 Å². The third-order valence-corrected chi connectivity index (χ3v) is 5.16. The molecule has 2 unspecified atom stereocenters. The van der Waals surface area contributed by atoms with Gasteiger partial charge >= 0.3 is 5.97 Å². The molecule has 1 fully saturated rings. The van der Waals surface area contributed by atoms with Crippen molar-refractivity contribution in [1.82, 2.24) is 4.90 Å². The Balaban J connectivity index is 1.83. The maximum absolute atomic E-state index is 12.9. The summed E-state index contributed by atoms with van der Waals surface area (Å²) in [5.41, 5.74) is 1.78. The van der Waals surface area contributed by atoms with Gasteiger partial charge in [0.15, 0.2) is 6.04 Å². The number of hydrogen-bond donors (Lipinski definition) is 1. The molecule has 3 rings (SSSR count). The highest BCUT2D eigenvalue weighted by atomic mass is 16.5. The van der Waals surface area contributed by atoms with Crippen molar-refractivity contribution in [3.05, 3.63) is 35.4 Å². The molecule has 2 atom stereocenters. The fourth-order valence-corrected chi connectivity index (χ4v) is 3.75. The average molecular weight is 317 g/mol. The van der Waals surface area contributed by atoms with Gasteiger partial charge in [-0.2, -0.15) is 0 Å². The van der Waals surface area contributed by atoms with Crippen LogP contribution in [0.5, 0.6) is 0 Å². The third-order valence-electron chi connectivity index (χ3n) is 5.16. The topological polar surface area (TPSA) is 66.8 Å². The smallest absolute Gasteiger partial charge is 0.331 e. The number of carboxylic acids is 1. The van der Waals surface area contributed by atoms with E-state index in [1.54, 1.807) is 4.90 Å². The summed E-state index contributed by atoms with van der Waals surface area (Å²) in [4.78, 5) is 26.3. The fraction of sp³-hybridized carbons (Fsp3) is 0.556. The zero-order valence-electron chi connectivity index (χ0n) is 13.4. The van der Waals surface area contributed by atoms with Crippen LogP contribution in [0, 0.1) is 11.8 Å². The molecule has 5 heteroatoms. The lowest BCUT2D eigenvalue weighted by Crippen LogP contribution is -2.47. The van der Waals surface area contributed by atoms with Crippen molar-refractivity contribution in [2.45, 2.75) is 32.2 Å². The van der Waals surface area contributed by atoms with Gasteiger partial charge in [0.05, 0.1) is 0 Å². The first-order valence-electron chi connectivity index (χ1n) is 8.28. The average Bonchev–Trinajstić information content (AvgIpc) is 2.60. The standard InChI is InChI=1S/C18H23NO4/c1-12(13-7-10-23-11-8-13)17(20)19-9-6-14-4-2-3-5-15(14)16(19)18(21)22/h2-5,12-13,16H,6-11H2,1H3,(H,21,22). The lowest BCUT2D eigenvalue weighted by atomic mass is 9.84. The number of aliphatic carboxylic acids is 1. The van der Waals surface area contributed by atoms with E-state index in [1.807, 2.05) is 31.2 Å². The second-order valence-corrected chi connectivity index (χ2v) is 6.46. The van der Waals surface area contributed by atoms with Crippen LogP contribution in [0.2, 0.25) is 0 Å². The molecule has 2 aliphatic rings. The molecule has 0 radical (unpaired) electrons. The third kappa shape index (κ3) is 3.11. The predicted octanol–water partition coefficient (Wildman–Crippen LogP) is 2.26. The number of ether oxygens (including phenoxy) is 1. The predicted molar refractivity (Wildman–Crippen MR) is 84.9 cm³/mol. The summed E-state index contributed by atoms with van der Waals surface area (Å²) < 4.78 is 5.36. The molecule has 0 aliphatic carbocycles. The molecule has 2 aliphatic heterocycles. The summed E-state index contributed by atoms with van der Waals surface area (Å²) in [6.45, 7) is 3.78. The van der Waals surface area contributed by atoms with Crippen molar-refractivity contribution in [3.8, 4) is 0 Å². The number of carbonyl (C=O) groups excluding carboxylic acids is 1. The van der Waals surface area contributed by atoms with Crippen LogP contribution in [0.4, 0.5) is 0 Å². The summed E-state index contributed by atoms with van der Waals surface area (Å²) in [6.07, 6.45) is 2.45. The van der Waals surface area contributed by atoms with Crippen LogP contribution in [-0.2, 0) is 20.7 Å². The summed E-state index contributed by atoms with van der Waals surface area (Å²) >= 11 is 0. The molecule has 5 nitrogen and oxygen atoms in total. The van der Waals surface area contributed by atoms with Gasteiger partial charge in [0, 0.05) is 25.7 Å². The van der Waals surface area contributed by atoms with Crippen LogP contribution in [0.1, 0.15) is 36.9 Å². The molecule has 0 bridgehead atoms. The van der Waals surface area contributed by atoms with E-state index < -0.39 is 12.0 Å². The Morgan fingerprint density at radius 2 is 1.96 bits per heavy atom. The van der Waals surface area contributed by atoms with Crippen molar-refractivity contribution in [1.29, 1.82) is 0 Å². The van der Waals surface area contributed by atoms with E-state index in [-0.39, 0.29) is 17.7 Å². The molecule has 23 heavy (non-hydrogen) atoms. The summed E-state index contributed by atoms with van der Waals surface area (Å²) in [5, 5.41) is 9.68. The molecule has 1 saturated heterocycles. The van der Waals surface area contributed by atoms with Gasteiger partial charge in [0.1, 0.15) is 0 Å². The number of fused-ring (bicyclic) bond motifs is 1. The van der Waals surface area contributed by atoms with Gasteiger partial charge in [-0.3, -0.25) is 4.79 Å². The van der Waals surface area contributed by atoms with Crippen molar-refractivity contribution in [3.63, 3.8) is 0 Å². The Bertz CT molecular complexity index is 594. The van der Waals surface area contributed by atoms with E-state index in [0.717, 1.165) is 24.0 Å². The Labute approximate surface area is 136 Å². The molecule has 0 aromatic heterocycles. The number of amides is 1. The van der Waals surface area contributed by atoms with Crippen LogP contribution in [0.3, 0.4) is 0 Å². The van der Waals surface area contributed by atoms with E-state index in [4.69, 9.17) is 4.74 Å². The molecule has 2 heterocycles. The zero-order chi connectivity index (χ0) is 16.4. The first-order chi connectivity index (χ1) is 11.1. The van der Waals surface area contributed by atoms with Crippen LogP contribution in [-0.4, -0.2) is 41.6 Å². The lowest BCUT2D eigenvalue weighted by molar-refractivity contribution is -0.154. The van der Waals surface area contributed by atoms with Gasteiger partial charge in [0.2, 0.25) is 5.91 Å². The number of carbonyl (C=O) groups is 2. The van der Waals surface area contributed by atoms with Gasteiger partial charge in [-0.1, -0.05) is 31.2 Å². The van der Waals surface area contributed by atoms with E-state index >= 15 is 0 Å². The zero-order valence-corrected chi connectivity index (χ0v) is 13.4. The van der Waals surface area contributed by atoms with Gasteiger partial charge in [-0.25, -0.2) is 4.79 Å². The maximum Gasteiger partial charge on any atom is 0.331 e. The molecule has 1 aromatic rings. The summed E-state index contributed by atoms with van der Waals surface area (Å²) in [7, 11) is 0. The van der Waals surface area contributed by atoms with Crippen LogP contribution >= 0.6 is 0 Å². The fourth-order valence-electron chi connectivity index (χ4n) is 3.75. The van der Waals surface area contributed by atoms with Gasteiger partial charge < -0.3 is 14.7 Å². The monoisotopic (exact) mass is 317 g/mol. The normalized spacial score (nSPS) is 23.2. The Hall–Kier alpha value is -1.88. The maximum atomic E-state index is 12.9. The molecular formula is C18H23NO4. The number of nitrogens with zero attached hydrogens (tertiary/aromatic N) is 1. The minimum absolute atomic E-state index is 0.0428.